The van der Waals surface area contributed by atoms with E-state index in [1.54, 1.807) is 12.4 Å². The molecule has 0 unspecified atom stereocenters. The van der Waals surface area contributed by atoms with E-state index < -0.39 is 0 Å². The summed E-state index contributed by atoms with van der Waals surface area (Å²) in [5.74, 6) is 0.651. The highest BCUT2D eigenvalue weighted by molar-refractivity contribution is 5.46. The zero-order chi connectivity index (χ0) is 15.1. The summed E-state index contributed by atoms with van der Waals surface area (Å²) in [6, 6.07) is 6.61. The molecule has 2 N–H and O–H groups in total. The molecule has 0 spiro atoms. The van der Waals surface area contributed by atoms with Gasteiger partial charge in [0, 0.05) is 18.8 Å². The average molecular weight is 291 g/mol. The van der Waals surface area contributed by atoms with Gasteiger partial charge in [0.1, 0.15) is 18.0 Å². The van der Waals surface area contributed by atoms with Crippen LogP contribution in [-0.2, 0) is 13.1 Å². The molecule has 5 nitrogen and oxygen atoms in total. The van der Waals surface area contributed by atoms with Crippen molar-refractivity contribution in [3.05, 3.63) is 42.2 Å². The van der Waals surface area contributed by atoms with Crippen molar-refractivity contribution in [3.63, 3.8) is 0 Å². The molecule has 6 heteroatoms. The molecule has 1 aromatic heterocycles. The van der Waals surface area contributed by atoms with Crippen molar-refractivity contribution >= 4 is 5.69 Å². The smallest absolute Gasteiger partial charge is 0.146 e. The highest BCUT2D eigenvalue weighted by atomic mass is 19.1. The summed E-state index contributed by atoms with van der Waals surface area (Å²) in [4.78, 5) is 6.41. The van der Waals surface area contributed by atoms with Crippen LogP contribution in [0.4, 0.5) is 10.1 Å². The number of aryl methyl sites for hydroxylation is 1. The van der Waals surface area contributed by atoms with E-state index in [4.69, 9.17) is 5.73 Å². The fourth-order valence-electron chi connectivity index (χ4n) is 2.23. The largest absolute Gasteiger partial charge is 0.364 e. The van der Waals surface area contributed by atoms with E-state index in [2.05, 4.69) is 21.9 Å². The summed E-state index contributed by atoms with van der Waals surface area (Å²) in [5, 5.41) is 4.23. The van der Waals surface area contributed by atoms with E-state index in [-0.39, 0.29) is 5.82 Å². The third-order valence-electron chi connectivity index (χ3n) is 3.27. The van der Waals surface area contributed by atoms with Crippen LogP contribution in [0.1, 0.15) is 25.6 Å². The van der Waals surface area contributed by atoms with Crippen LogP contribution in [0.15, 0.2) is 30.6 Å². The number of hydrogen-bond donors (Lipinski definition) is 1. The lowest BCUT2D eigenvalue weighted by Gasteiger charge is -2.24. The summed E-state index contributed by atoms with van der Waals surface area (Å²) in [7, 11) is 0. The first kappa shape index (κ1) is 15.4. The molecule has 0 aliphatic rings. The highest BCUT2D eigenvalue weighted by Crippen LogP contribution is 2.18. The Hall–Kier alpha value is -1.95. The lowest BCUT2D eigenvalue weighted by molar-refractivity contribution is 0.558. The van der Waals surface area contributed by atoms with Gasteiger partial charge < -0.3 is 10.6 Å². The zero-order valence-electron chi connectivity index (χ0n) is 12.4. The normalized spacial score (nSPS) is 10.8. The van der Waals surface area contributed by atoms with Crippen molar-refractivity contribution in [3.8, 4) is 0 Å². The van der Waals surface area contributed by atoms with E-state index in [0.29, 0.717) is 13.1 Å². The van der Waals surface area contributed by atoms with Crippen LogP contribution in [0, 0.1) is 5.82 Å². The minimum Gasteiger partial charge on any atom is -0.364 e. The first-order valence-corrected chi connectivity index (χ1v) is 7.32. The molecule has 114 valence electrons. The van der Waals surface area contributed by atoms with E-state index in [1.165, 1.54) is 12.1 Å². The van der Waals surface area contributed by atoms with Gasteiger partial charge >= 0.3 is 0 Å². The minimum absolute atomic E-state index is 0.236. The molecule has 1 heterocycles. The summed E-state index contributed by atoms with van der Waals surface area (Å²) in [6.45, 7) is 4.91. The fourth-order valence-corrected chi connectivity index (χ4v) is 2.23. The molecule has 2 aromatic rings. The molecular formula is C15H22FN5. The number of halogens is 1. The molecular weight excluding hydrogens is 269 g/mol. The second-order valence-electron chi connectivity index (χ2n) is 4.94. The number of nitrogens with zero attached hydrogens (tertiary/aromatic N) is 4. The van der Waals surface area contributed by atoms with Gasteiger partial charge in [-0.15, -0.1) is 0 Å². The van der Waals surface area contributed by atoms with Gasteiger partial charge in [0.2, 0.25) is 0 Å². The SMILES string of the molecule is CCCn1ncnc1CN(CCCN)c1cccc(F)c1. The molecule has 0 atom stereocenters. The highest BCUT2D eigenvalue weighted by Gasteiger charge is 2.12. The molecule has 0 bridgehead atoms. The molecule has 0 saturated carbocycles. The molecule has 0 fully saturated rings. The summed E-state index contributed by atoms with van der Waals surface area (Å²) in [5.41, 5.74) is 6.44. The van der Waals surface area contributed by atoms with Crippen LogP contribution in [-0.4, -0.2) is 27.9 Å². The summed E-state index contributed by atoms with van der Waals surface area (Å²) >= 11 is 0. The predicted molar refractivity (Wildman–Crippen MR) is 81.4 cm³/mol. The Morgan fingerprint density at radius 3 is 2.95 bits per heavy atom. The summed E-state index contributed by atoms with van der Waals surface area (Å²) in [6.07, 6.45) is 3.41. The molecule has 0 aliphatic heterocycles. The maximum absolute atomic E-state index is 13.4. The Bertz CT molecular complexity index is 555. The molecule has 1 aromatic carbocycles. The fraction of sp³-hybridized carbons (Fsp3) is 0.467. The van der Waals surface area contributed by atoms with Crippen LogP contribution in [0.25, 0.3) is 0 Å². The second-order valence-corrected chi connectivity index (χ2v) is 4.94. The maximum atomic E-state index is 13.4. The molecule has 0 saturated heterocycles. The average Bonchev–Trinajstić information content (AvgIpc) is 2.91. The lowest BCUT2D eigenvalue weighted by atomic mass is 10.2. The van der Waals surface area contributed by atoms with Crippen molar-refractivity contribution in [1.29, 1.82) is 0 Å². The molecule has 0 amide bonds. The number of anilines is 1. The Balaban J connectivity index is 2.17. The summed E-state index contributed by atoms with van der Waals surface area (Å²) < 4.78 is 15.3. The van der Waals surface area contributed by atoms with Gasteiger partial charge in [-0.25, -0.2) is 14.1 Å². The Morgan fingerprint density at radius 1 is 1.38 bits per heavy atom. The predicted octanol–water partition coefficient (Wildman–Crippen LogP) is 2.18. The molecule has 21 heavy (non-hydrogen) atoms. The maximum Gasteiger partial charge on any atom is 0.146 e. The van der Waals surface area contributed by atoms with E-state index in [1.807, 2.05) is 10.7 Å². The van der Waals surface area contributed by atoms with Crippen molar-refractivity contribution in [1.82, 2.24) is 14.8 Å². The third kappa shape index (κ3) is 4.26. The van der Waals surface area contributed by atoms with Gasteiger partial charge in [-0.05, 0) is 37.6 Å². The monoisotopic (exact) mass is 291 g/mol. The first-order chi connectivity index (χ1) is 10.2. The van der Waals surface area contributed by atoms with Crippen LogP contribution in [0.2, 0.25) is 0 Å². The van der Waals surface area contributed by atoms with Crippen LogP contribution in [0.3, 0.4) is 0 Å². The molecule has 0 radical (unpaired) electrons. The van der Waals surface area contributed by atoms with Gasteiger partial charge in [0.15, 0.2) is 0 Å². The number of rotatable bonds is 8. The van der Waals surface area contributed by atoms with Gasteiger partial charge in [0.05, 0.1) is 6.54 Å². The second kappa shape index (κ2) is 7.73. The Kier molecular flexibility index (Phi) is 5.68. The zero-order valence-corrected chi connectivity index (χ0v) is 12.4. The van der Waals surface area contributed by atoms with Crippen molar-refractivity contribution in [2.24, 2.45) is 5.73 Å². The van der Waals surface area contributed by atoms with Crippen LogP contribution >= 0.6 is 0 Å². The number of nitrogens with two attached hydrogens (primary N) is 1. The van der Waals surface area contributed by atoms with Crippen molar-refractivity contribution in [2.75, 3.05) is 18.0 Å². The van der Waals surface area contributed by atoms with Gasteiger partial charge in [-0.1, -0.05) is 13.0 Å². The number of aromatic nitrogens is 3. The Labute approximate surface area is 124 Å². The number of benzene rings is 1. The molecule has 0 aliphatic carbocycles. The van der Waals surface area contributed by atoms with E-state index in [0.717, 1.165) is 37.4 Å². The van der Waals surface area contributed by atoms with E-state index in [9.17, 15) is 4.39 Å². The van der Waals surface area contributed by atoms with Crippen LogP contribution < -0.4 is 10.6 Å². The minimum atomic E-state index is -0.236. The van der Waals surface area contributed by atoms with Gasteiger partial charge in [-0.2, -0.15) is 5.10 Å². The van der Waals surface area contributed by atoms with Gasteiger partial charge in [0.25, 0.3) is 0 Å². The quantitative estimate of drug-likeness (QED) is 0.810. The van der Waals surface area contributed by atoms with Crippen molar-refractivity contribution < 1.29 is 4.39 Å². The lowest BCUT2D eigenvalue weighted by Crippen LogP contribution is -2.27. The molecule has 2 rings (SSSR count). The first-order valence-electron chi connectivity index (χ1n) is 7.32. The standard InChI is InChI=1S/C15H22FN5/c1-2-8-21-15(18-12-19-21)11-20(9-4-7-17)14-6-3-5-13(16)10-14/h3,5-6,10,12H,2,4,7-9,11,17H2,1H3. The topological polar surface area (TPSA) is 60.0 Å². The third-order valence-corrected chi connectivity index (χ3v) is 3.27. The number of hydrogen-bond acceptors (Lipinski definition) is 4. The Morgan fingerprint density at radius 2 is 2.24 bits per heavy atom. The van der Waals surface area contributed by atoms with Crippen molar-refractivity contribution in [2.45, 2.75) is 32.9 Å². The van der Waals surface area contributed by atoms with Crippen LogP contribution in [0.5, 0.6) is 0 Å². The van der Waals surface area contributed by atoms with E-state index >= 15 is 0 Å². The van der Waals surface area contributed by atoms with Gasteiger partial charge in [-0.3, -0.25) is 0 Å².